The first kappa shape index (κ1) is 18.7. The van der Waals surface area contributed by atoms with Crippen molar-refractivity contribution in [1.82, 2.24) is 4.90 Å². The molecule has 25 heavy (non-hydrogen) atoms. The van der Waals surface area contributed by atoms with E-state index >= 15 is 0 Å². The average molecular weight is 345 g/mol. The van der Waals surface area contributed by atoms with E-state index < -0.39 is 16.6 Å². The zero-order valence-corrected chi connectivity index (χ0v) is 14.8. The molecule has 1 amide bonds. The standard InChI is InChI=1S/C18H23N3O4/c1-13-11-15(7-8-16(13)21(23)24)25-14(2)17(22)20(3)18(12-19)9-5-4-6-10-18/h7-8,11,14H,4-6,9-10H2,1-3H3/t14-/m1/s1. The van der Waals surface area contributed by atoms with Gasteiger partial charge in [-0.1, -0.05) is 19.3 Å². The molecule has 1 fully saturated rings. The van der Waals surface area contributed by atoms with Crippen LogP contribution in [0.2, 0.25) is 0 Å². The van der Waals surface area contributed by atoms with Gasteiger partial charge < -0.3 is 9.64 Å². The maximum absolute atomic E-state index is 12.7. The Hall–Kier alpha value is -2.62. The molecule has 0 aliphatic heterocycles. The molecule has 1 saturated carbocycles. The van der Waals surface area contributed by atoms with Gasteiger partial charge in [-0.25, -0.2) is 0 Å². The first-order valence-corrected chi connectivity index (χ1v) is 8.41. The zero-order chi connectivity index (χ0) is 18.6. The Kier molecular flexibility index (Phi) is 5.62. The number of aryl methyl sites for hydroxylation is 1. The van der Waals surface area contributed by atoms with Gasteiger partial charge in [0.1, 0.15) is 11.3 Å². The van der Waals surface area contributed by atoms with Crippen LogP contribution in [-0.4, -0.2) is 34.4 Å². The summed E-state index contributed by atoms with van der Waals surface area (Å²) in [5.41, 5.74) is -0.288. The van der Waals surface area contributed by atoms with Crippen molar-refractivity contribution in [3.05, 3.63) is 33.9 Å². The number of likely N-dealkylation sites (N-methyl/N-ethyl adjacent to an activating group) is 1. The van der Waals surface area contributed by atoms with E-state index in [1.807, 2.05) is 0 Å². The minimum absolute atomic E-state index is 0.00841. The highest BCUT2D eigenvalue weighted by atomic mass is 16.6. The van der Waals surface area contributed by atoms with Gasteiger partial charge in [0.25, 0.3) is 11.6 Å². The highest BCUT2D eigenvalue weighted by Gasteiger charge is 2.40. The summed E-state index contributed by atoms with van der Waals surface area (Å²) >= 11 is 0. The number of nitro benzene ring substituents is 1. The van der Waals surface area contributed by atoms with Gasteiger partial charge in [-0.2, -0.15) is 5.26 Å². The third-order valence-corrected chi connectivity index (χ3v) is 4.89. The molecule has 0 bridgehead atoms. The highest BCUT2D eigenvalue weighted by molar-refractivity contribution is 5.82. The van der Waals surface area contributed by atoms with Crippen LogP contribution in [0.1, 0.15) is 44.6 Å². The van der Waals surface area contributed by atoms with Crippen LogP contribution in [0, 0.1) is 28.4 Å². The fourth-order valence-electron chi connectivity index (χ4n) is 3.30. The molecule has 7 heteroatoms. The van der Waals surface area contributed by atoms with Gasteiger partial charge in [0.15, 0.2) is 6.10 Å². The molecule has 1 aromatic rings. The van der Waals surface area contributed by atoms with Crippen LogP contribution in [0.5, 0.6) is 5.75 Å². The Balaban J connectivity index is 2.10. The smallest absolute Gasteiger partial charge is 0.272 e. The van der Waals surface area contributed by atoms with Gasteiger partial charge in [-0.3, -0.25) is 14.9 Å². The first-order chi connectivity index (χ1) is 11.8. The minimum atomic E-state index is -0.780. The lowest BCUT2D eigenvalue weighted by Gasteiger charge is -2.40. The summed E-state index contributed by atoms with van der Waals surface area (Å²) in [7, 11) is 1.65. The van der Waals surface area contributed by atoms with Crippen LogP contribution in [0.15, 0.2) is 18.2 Å². The van der Waals surface area contributed by atoms with E-state index in [1.165, 1.54) is 17.0 Å². The fourth-order valence-corrected chi connectivity index (χ4v) is 3.30. The molecule has 0 spiro atoms. The maximum Gasteiger partial charge on any atom is 0.272 e. The lowest BCUT2D eigenvalue weighted by Crippen LogP contribution is -2.53. The second kappa shape index (κ2) is 7.51. The van der Waals surface area contributed by atoms with Gasteiger partial charge in [-0.15, -0.1) is 0 Å². The lowest BCUT2D eigenvalue weighted by atomic mass is 9.81. The van der Waals surface area contributed by atoms with Crippen molar-refractivity contribution >= 4 is 11.6 Å². The molecule has 0 heterocycles. The predicted octanol–water partition coefficient (Wildman–Crippen LogP) is 3.36. The second-order valence-electron chi connectivity index (χ2n) is 6.57. The Morgan fingerprint density at radius 2 is 2.04 bits per heavy atom. The van der Waals surface area contributed by atoms with E-state index in [9.17, 15) is 20.2 Å². The summed E-state index contributed by atoms with van der Waals surface area (Å²) in [6, 6.07) is 6.71. The van der Waals surface area contributed by atoms with Crippen LogP contribution in [0.3, 0.4) is 0 Å². The van der Waals surface area contributed by atoms with Crippen molar-refractivity contribution in [3.8, 4) is 11.8 Å². The molecule has 134 valence electrons. The number of rotatable bonds is 5. The number of hydrogen-bond acceptors (Lipinski definition) is 5. The number of nitro groups is 1. The van der Waals surface area contributed by atoms with E-state index in [0.717, 1.165) is 19.3 Å². The third-order valence-electron chi connectivity index (χ3n) is 4.89. The molecule has 1 aromatic carbocycles. The largest absolute Gasteiger partial charge is 0.481 e. The Labute approximate surface area is 147 Å². The number of hydrogen-bond donors (Lipinski definition) is 0. The van der Waals surface area contributed by atoms with E-state index in [1.54, 1.807) is 27.0 Å². The van der Waals surface area contributed by atoms with E-state index in [0.29, 0.717) is 24.2 Å². The second-order valence-corrected chi connectivity index (χ2v) is 6.57. The third kappa shape index (κ3) is 3.90. The predicted molar refractivity (Wildman–Crippen MR) is 92.1 cm³/mol. The maximum atomic E-state index is 12.7. The topological polar surface area (TPSA) is 96.5 Å². The number of nitrogens with zero attached hydrogens (tertiary/aromatic N) is 3. The fraction of sp³-hybridized carbons (Fsp3) is 0.556. The summed E-state index contributed by atoms with van der Waals surface area (Å²) in [6.07, 6.45) is 3.52. The van der Waals surface area contributed by atoms with Crippen LogP contribution >= 0.6 is 0 Å². The molecule has 1 aliphatic carbocycles. The van der Waals surface area contributed by atoms with Gasteiger partial charge in [0.2, 0.25) is 0 Å². The summed E-state index contributed by atoms with van der Waals surface area (Å²) in [4.78, 5) is 24.6. The average Bonchev–Trinajstić information content (AvgIpc) is 2.60. The van der Waals surface area contributed by atoms with Crippen LogP contribution < -0.4 is 4.74 Å². The van der Waals surface area contributed by atoms with Gasteiger partial charge in [0, 0.05) is 18.7 Å². The molecule has 0 unspecified atom stereocenters. The van der Waals surface area contributed by atoms with Gasteiger partial charge >= 0.3 is 0 Å². The van der Waals surface area contributed by atoms with Gasteiger partial charge in [0.05, 0.1) is 11.0 Å². The molecule has 0 aromatic heterocycles. The van der Waals surface area contributed by atoms with Crippen molar-refractivity contribution in [2.75, 3.05) is 7.05 Å². The molecular weight excluding hydrogens is 322 g/mol. The number of nitriles is 1. The molecule has 1 aliphatic rings. The summed E-state index contributed by atoms with van der Waals surface area (Å²) < 4.78 is 5.67. The minimum Gasteiger partial charge on any atom is -0.481 e. The van der Waals surface area contributed by atoms with Gasteiger partial charge in [-0.05, 0) is 38.8 Å². The number of amides is 1. The van der Waals surface area contributed by atoms with Crippen molar-refractivity contribution in [2.24, 2.45) is 0 Å². The Morgan fingerprint density at radius 1 is 1.40 bits per heavy atom. The molecule has 0 saturated heterocycles. The molecule has 2 rings (SSSR count). The SMILES string of the molecule is Cc1cc(O[C@H](C)C(=O)N(C)C2(C#N)CCCCC2)ccc1[N+](=O)[O-]. The normalized spacial score (nSPS) is 17.2. The molecule has 0 radical (unpaired) electrons. The van der Waals surface area contributed by atoms with Crippen molar-refractivity contribution in [1.29, 1.82) is 5.26 Å². The first-order valence-electron chi connectivity index (χ1n) is 8.41. The van der Waals surface area contributed by atoms with Crippen molar-refractivity contribution < 1.29 is 14.5 Å². The Morgan fingerprint density at radius 3 is 2.56 bits per heavy atom. The summed E-state index contributed by atoms with van der Waals surface area (Å²) in [5, 5.41) is 20.5. The van der Waals surface area contributed by atoms with Crippen molar-refractivity contribution in [2.45, 2.75) is 57.6 Å². The quantitative estimate of drug-likeness (QED) is 0.602. The van der Waals surface area contributed by atoms with Crippen LogP contribution in [0.25, 0.3) is 0 Å². The summed E-state index contributed by atoms with van der Waals surface area (Å²) in [6.45, 7) is 3.25. The number of carbonyl (C=O) groups is 1. The monoisotopic (exact) mass is 345 g/mol. The lowest BCUT2D eigenvalue weighted by molar-refractivity contribution is -0.385. The van der Waals surface area contributed by atoms with Crippen LogP contribution in [-0.2, 0) is 4.79 Å². The number of benzene rings is 1. The van der Waals surface area contributed by atoms with E-state index in [4.69, 9.17) is 4.74 Å². The number of carbonyl (C=O) groups excluding carboxylic acids is 1. The van der Waals surface area contributed by atoms with Crippen molar-refractivity contribution in [3.63, 3.8) is 0 Å². The number of ether oxygens (including phenoxy) is 1. The van der Waals surface area contributed by atoms with Crippen LogP contribution in [0.4, 0.5) is 5.69 Å². The summed E-state index contributed by atoms with van der Waals surface area (Å²) in [5.74, 6) is 0.131. The van der Waals surface area contributed by atoms with E-state index in [2.05, 4.69) is 6.07 Å². The molecular formula is C18H23N3O4. The zero-order valence-electron chi connectivity index (χ0n) is 14.8. The Bertz CT molecular complexity index is 705. The van der Waals surface area contributed by atoms with E-state index in [-0.39, 0.29) is 11.6 Å². The molecule has 1 atom stereocenters. The highest BCUT2D eigenvalue weighted by Crippen LogP contribution is 2.33. The molecule has 7 nitrogen and oxygen atoms in total. The molecule has 0 N–H and O–H groups in total.